The van der Waals surface area contributed by atoms with Crippen molar-refractivity contribution < 1.29 is 18.7 Å². The summed E-state index contributed by atoms with van der Waals surface area (Å²) in [4.78, 5) is 18.6. The monoisotopic (exact) mass is 413 g/mol. The van der Waals surface area contributed by atoms with E-state index in [1.165, 1.54) is 6.07 Å². The van der Waals surface area contributed by atoms with E-state index in [0.29, 0.717) is 24.5 Å². The Morgan fingerprint density at radius 3 is 2.73 bits per heavy atom. The van der Waals surface area contributed by atoms with Crippen molar-refractivity contribution >= 4 is 11.6 Å². The minimum atomic E-state index is -0.103. The normalized spacial score (nSPS) is 16.9. The summed E-state index contributed by atoms with van der Waals surface area (Å²) in [6.07, 6.45) is 6.71. The Balaban J connectivity index is 1.20. The van der Waals surface area contributed by atoms with Crippen molar-refractivity contribution in [3.05, 3.63) is 47.4 Å². The molecule has 2 heterocycles. The summed E-state index contributed by atoms with van der Waals surface area (Å²) in [6, 6.07) is 6.81. The van der Waals surface area contributed by atoms with E-state index in [1.807, 2.05) is 0 Å². The third kappa shape index (κ3) is 4.90. The lowest BCUT2D eigenvalue weighted by Crippen LogP contribution is -2.39. The maximum atomic E-state index is 13.9. The highest BCUT2D eigenvalue weighted by atomic mass is 19.1. The number of carbonyl (C=O) groups is 1. The molecule has 2 aliphatic rings. The molecule has 0 bridgehead atoms. The second-order valence-electron chi connectivity index (χ2n) is 7.90. The van der Waals surface area contributed by atoms with Gasteiger partial charge in [0.1, 0.15) is 17.7 Å². The Morgan fingerprint density at radius 2 is 2.00 bits per heavy atom. The van der Waals surface area contributed by atoms with Crippen molar-refractivity contribution in [1.29, 1.82) is 0 Å². The van der Waals surface area contributed by atoms with Crippen molar-refractivity contribution in [2.45, 2.75) is 44.6 Å². The van der Waals surface area contributed by atoms with Gasteiger partial charge in [-0.05, 0) is 55.9 Å². The second kappa shape index (κ2) is 9.43. The number of benzene rings is 1. The SMILES string of the molecule is COc1ccc(NC(=O)CCN2CCC(Oc3ccc(F)c4c3CCC4)CC2)cn1. The highest BCUT2D eigenvalue weighted by molar-refractivity contribution is 5.90. The molecule has 6 nitrogen and oxygen atoms in total. The number of hydrogen-bond acceptors (Lipinski definition) is 5. The summed E-state index contributed by atoms with van der Waals surface area (Å²) in [5, 5.41) is 2.86. The molecule has 1 aliphatic heterocycles. The van der Waals surface area contributed by atoms with Crippen molar-refractivity contribution in [2.24, 2.45) is 0 Å². The average molecular weight is 413 g/mol. The van der Waals surface area contributed by atoms with Gasteiger partial charge in [0.25, 0.3) is 0 Å². The van der Waals surface area contributed by atoms with Gasteiger partial charge in [0, 0.05) is 37.7 Å². The molecular weight excluding hydrogens is 385 g/mol. The number of rotatable bonds is 7. The number of nitrogens with zero attached hydrogens (tertiary/aromatic N) is 2. The van der Waals surface area contributed by atoms with Gasteiger partial charge in [-0.3, -0.25) is 4.79 Å². The zero-order valence-electron chi connectivity index (χ0n) is 17.3. The minimum Gasteiger partial charge on any atom is -0.490 e. The number of fused-ring (bicyclic) bond motifs is 1. The maximum absolute atomic E-state index is 13.9. The van der Waals surface area contributed by atoms with E-state index in [2.05, 4.69) is 15.2 Å². The molecule has 1 saturated heterocycles. The van der Waals surface area contributed by atoms with Gasteiger partial charge in [-0.1, -0.05) is 0 Å². The van der Waals surface area contributed by atoms with Crippen LogP contribution < -0.4 is 14.8 Å². The molecule has 4 rings (SSSR count). The number of nitrogens with one attached hydrogen (secondary N) is 1. The van der Waals surface area contributed by atoms with Crippen LogP contribution in [0.1, 0.15) is 36.8 Å². The molecule has 7 heteroatoms. The van der Waals surface area contributed by atoms with Crippen molar-refractivity contribution in [2.75, 3.05) is 32.1 Å². The predicted octanol–water partition coefficient (Wildman–Crippen LogP) is 3.59. The molecule has 1 N–H and O–H groups in total. The van der Waals surface area contributed by atoms with Crippen LogP contribution in [0.3, 0.4) is 0 Å². The zero-order chi connectivity index (χ0) is 20.9. The van der Waals surface area contributed by atoms with Crippen LogP contribution >= 0.6 is 0 Å². The lowest BCUT2D eigenvalue weighted by atomic mass is 10.1. The molecule has 1 amide bonds. The van der Waals surface area contributed by atoms with E-state index in [1.54, 1.807) is 31.5 Å². The highest BCUT2D eigenvalue weighted by Crippen LogP contribution is 2.34. The second-order valence-corrected chi connectivity index (χ2v) is 7.90. The standard InChI is InChI=1S/C23H28FN3O3/c1-29-23-8-5-16(15-25-23)26-22(28)11-14-27-12-9-17(10-13-27)30-21-7-6-20(24)18-3-2-4-19(18)21/h5-8,15,17H,2-4,9-14H2,1H3,(H,26,28). The number of amides is 1. The highest BCUT2D eigenvalue weighted by Gasteiger charge is 2.24. The van der Waals surface area contributed by atoms with Crippen LogP contribution in [0.4, 0.5) is 10.1 Å². The molecule has 1 aliphatic carbocycles. The predicted molar refractivity (Wildman–Crippen MR) is 113 cm³/mol. The molecule has 0 saturated carbocycles. The molecule has 30 heavy (non-hydrogen) atoms. The first-order valence-electron chi connectivity index (χ1n) is 10.6. The number of methoxy groups -OCH3 is 1. The van der Waals surface area contributed by atoms with Gasteiger partial charge in [0.15, 0.2) is 0 Å². The maximum Gasteiger partial charge on any atom is 0.225 e. The van der Waals surface area contributed by atoms with E-state index in [-0.39, 0.29) is 17.8 Å². The van der Waals surface area contributed by atoms with Gasteiger partial charge in [0.05, 0.1) is 19.0 Å². The number of carbonyl (C=O) groups excluding carboxylic acids is 1. The fraction of sp³-hybridized carbons (Fsp3) is 0.478. The van der Waals surface area contributed by atoms with Gasteiger partial charge in [-0.2, -0.15) is 0 Å². The third-order valence-corrected chi connectivity index (χ3v) is 5.90. The van der Waals surface area contributed by atoms with Gasteiger partial charge in [0.2, 0.25) is 11.8 Å². The molecule has 0 unspecified atom stereocenters. The van der Waals surface area contributed by atoms with Crippen LogP contribution in [-0.4, -0.2) is 48.6 Å². The molecular formula is C23H28FN3O3. The Labute approximate surface area is 176 Å². The number of pyridine rings is 1. The Morgan fingerprint density at radius 1 is 1.20 bits per heavy atom. The van der Waals surface area contributed by atoms with Gasteiger partial charge >= 0.3 is 0 Å². The Hall–Kier alpha value is -2.67. The molecule has 1 fully saturated rings. The summed E-state index contributed by atoms with van der Waals surface area (Å²) in [5.74, 6) is 1.24. The third-order valence-electron chi connectivity index (χ3n) is 5.90. The van der Waals surface area contributed by atoms with E-state index in [0.717, 1.165) is 62.1 Å². The molecule has 160 valence electrons. The van der Waals surface area contributed by atoms with Crippen molar-refractivity contribution in [3.63, 3.8) is 0 Å². The summed E-state index contributed by atoms with van der Waals surface area (Å²) >= 11 is 0. The number of ether oxygens (including phenoxy) is 2. The topological polar surface area (TPSA) is 63.7 Å². The van der Waals surface area contributed by atoms with Crippen LogP contribution in [0.5, 0.6) is 11.6 Å². The fourth-order valence-corrected chi connectivity index (χ4v) is 4.23. The van der Waals surface area contributed by atoms with Gasteiger partial charge in [-0.25, -0.2) is 9.37 Å². The smallest absolute Gasteiger partial charge is 0.225 e. The van der Waals surface area contributed by atoms with E-state index in [9.17, 15) is 9.18 Å². The number of aromatic nitrogens is 1. The Bertz CT molecular complexity index is 880. The number of hydrogen-bond donors (Lipinski definition) is 1. The Kier molecular flexibility index (Phi) is 6.47. The molecule has 0 atom stereocenters. The largest absolute Gasteiger partial charge is 0.490 e. The molecule has 1 aromatic heterocycles. The molecule has 0 spiro atoms. The van der Waals surface area contributed by atoms with Gasteiger partial charge < -0.3 is 19.7 Å². The summed E-state index contributed by atoms with van der Waals surface area (Å²) in [7, 11) is 1.56. The van der Waals surface area contributed by atoms with Crippen LogP contribution in [0, 0.1) is 5.82 Å². The van der Waals surface area contributed by atoms with Crippen molar-refractivity contribution in [1.82, 2.24) is 9.88 Å². The minimum absolute atomic E-state index is 0.0257. The first kappa shape index (κ1) is 20.6. The van der Waals surface area contributed by atoms with Crippen LogP contribution in [-0.2, 0) is 17.6 Å². The fourth-order valence-electron chi connectivity index (χ4n) is 4.23. The van der Waals surface area contributed by atoms with Crippen LogP contribution in [0.2, 0.25) is 0 Å². The van der Waals surface area contributed by atoms with Crippen LogP contribution in [0.15, 0.2) is 30.5 Å². The molecule has 2 aromatic rings. The lowest BCUT2D eigenvalue weighted by molar-refractivity contribution is -0.116. The number of piperidine rings is 1. The first-order valence-corrected chi connectivity index (χ1v) is 10.6. The number of halogens is 1. The van der Waals surface area contributed by atoms with E-state index >= 15 is 0 Å². The van der Waals surface area contributed by atoms with E-state index < -0.39 is 0 Å². The van der Waals surface area contributed by atoms with Crippen LogP contribution in [0.25, 0.3) is 0 Å². The zero-order valence-corrected chi connectivity index (χ0v) is 17.3. The molecule has 1 aromatic carbocycles. The number of anilines is 1. The average Bonchev–Trinajstić information content (AvgIpc) is 3.27. The van der Waals surface area contributed by atoms with Crippen molar-refractivity contribution in [3.8, 4) is 11.6 Å². The molecule has 0 radical (unpaired) electrons. The van der Waals surface area contributed by atoms with E-state index in [4.69, 9.17) is 9.47 Å². The lowest BCUT2D eigenvalue weighted by Gasteiger charge is -2.32. The quantitative estimate of drug-likeness (QED) is 0.752. The summed E-state index contributed by atoms with van der Waals surface area (Å²) < 4.78 is 25.2. The summed E-state index contributed by atoms with van der Waals surface area (Å²) in [5.41, 5.74) is 2.56. The summed E-state index contributed by atoms with van der Waals surface area (Å²) in [6.45, 7) is 2.50. The number of likely N-dealkylation sites (tertiary alicyclic amines) is 1. The first-order chi connectivity index (χ1) is 14.6. The van der Waals surface area contributed by atoms with Gasteiger partial charge in [-0.15, -0.1) is 0 Å².